The van der Waals surface area contributed by atoms with Gasteiger partial charge in [-0.1, -0.05) is 18.2 Å². The summed E-state index contributed by atoms with van der Waals surface area (Å²) in [6, 6.07) is 6.69. The molecule has 0 spiro atoms. The lowest BCUT2D eigenvalue weighted by molar-refractivity contribution is -0.0723. The number of nitrogens with one attached hydrogen (secondary N) is 1. The van der Waals surface area contributed by atoms with Gasteiger partial charge < -0.3 is 14.8 Å². The Kier molecular flexibility index (Phi) is 4.33. The van der Waals surface area contributed by atoms with E-state index in [1.807, 2.05) is 0 Å². The van der Waals surface area contributed by atoms with Gasteiger partial charge in [0.1, 0.15) is 0 Å². The topological polar surface area (TPSA) is 33.7 Å². The van der Waals surface area contributed by atoms with Crippen molar-refractivity contribution in [3.05, 3.63) is 29.3 Å². The minimum absolute atomic E-state index is 0.234. The highest BCUT2D eigenvalue weighted by Crippen LogP contribution is 2.29. The zero-order valence-corrected chi connectivity index (χ0v) is 13.2. The van der Waals surface area contributed by atoms with E-state index in [1.165, 1.54) is 29.7 Å². The Morgan fingerprint density at radius 2 is 2.23 bits per heavy atom. The first-order chi connectivity index (χ1) is 10.9. The number of rotatable bonds is 6. The van der Waals surface area contributed by atoms with Crippen molar-refractivity contribution in [2.45, 2.75) is 31.9 Å². The summed E-state index contributed by atoms with van der Waals surface area (Å²) in [5.41, 5.74) is 4.26. The van der Waals surface area contributed by atoms with Crippen molar-refractivity contribution in [2.24, 2.45) is 5.92 Å². The predicted molar refractivity (Wildman–Crippen MR) is 87.2 cm³/mol. The summed E-state index contributed by atoms with van der Waals surface area (Å²) in [7, 11) is 0. The van der Waals surface area contributed by atoms with Crippen LogP contribution in [0.5, 0.6) is 0 Å². The van der Waals surface area contributed by atoms with Crippen LogP contribution in [0.25, 0.3) is 0 Å². The number of hydrogen-bond acceptors (Lipinski definition) is 4. The molecule has 1 saturated heterocycles. The van der Waals surface area contributed by atoms with Gasteiger partial charge in [-0.2, -0.15) is 0 Å². The maximum Gasteiger partial charge on any atom is 0.0935 e. The van der Waals surface area contributed by atoms with Crippen LogP contribution in [0.1, 0.15) is 24.0 Å². The van der Waals surface area contributed by atoms with Gasteiger partial charge >= 0.3 is 0 Å². The molecule has 120 valence electrons. The molecule has 0 bridgehead atoms. The number of hydrogen-bond donors (Lipinski definition) is 1. The Bertz CT molecular complexity index is 516. The van der Waals surface area contributed by atoms with Crippen LogP contribution in [0.15, 0.2) is 18.2 Å². The smallest absolute Gasteiger partial charge is 0.0935 e. The van der Waals surface area contributed by atoms with Gasteiger partial charge in [0.05, 0.1) is 19.3 Å². The molecule has 1 unspecified atom stereocenters. The van der Waals surface area contributed by atoms with E-state index in [0.29, 0.717) is 0 Å². The maximum absolute atomic E-state index is 5.86. The highest BCUT2D eigenvalue weighted by Gasteiger charge is 2.25. The van der Waals surface area contributed by atoms with Crippen LogP contribution in [0.2, 0.25) is 0 Å². The predicted octanol–water partition coefficient (Wildman–Crippen LogP) is 2.28. The summed E-state index contributed by atoms with van der Waals surface area (Å²) in [5.74, 6) is 0.831. The molecule has 1 saturated carbocycles. The van der Waals surface area contributed by atoms with Crippen molar-refractivity contribution < 1.29 is 9.47 Å². The Balaban J connectivity index is 1.31. The lowest BCUT2D eigenvalue weighted by atomic mass is 10.1. The minimum atomic E-state index is 0.234. The van der Waals surface area contributed by atoms with Crippen molar-refractivity contribution in [2.75, 3.05) is 44.8 Å². The van der Waals surface area contributed by atoms with Crippen molar-refractivity contribution in [1.29, 1.82) is 0 Å². The third-order valence-corrected chi connectivity index (χ3v) is 4.90. The zero-order valence-electron chi connectivity index (χ0n) is 13.2. The molecule has 1 aromatic carbocycles. The molecule has 0 radical (unpaired) electrons. The normalized spacial score (nSPS) is 25.0. The molecule has 0 aromatic heterocycles. The van der Waals surface area contributed by atoms with Gasteiger partial charge in [0, 0.05) is 38.5 Å². The second-order valence-electron chi connectivity index (χ2n) is 6.84. The molecule has 1 atom stereocenters. The van der Waals surface area contributed by atoms with Crippen LogP contribution in [-0.4, -0.2) is 50.5 Å². The molecule has 4 rings (SSSR count). The first-order valence-electron chi connectivity index (χ1n) is 8.65. The maximum atomic E-state index is 5.86. The van der Waals surface area contributed by atoms with E-state index < -0.39 is 0 Å². The molecule has 2 aliphatic heterocycles. The van der Waals surface area contributed by atoms with Crippen molar-refractivity contribution in [1.82, 2.24) is 4.90 Å². The number of nitrogens with zero attached hydrogens (tertiary/aromatic N) is 1. The second-order valence-corrected chi connectivity index (χ2v) is 6.84. The fraction of sp³-hybridized carbons (Fsp3) is 0.667. The molecule has 4 heteroatoms. The van der Waals surface area contributed by atoms with E-state index in [1.54, 1.807) is 0 Å². The molecular weight excluding hydrogens is 276 g/mol. The second kappa shape index (κ2) is 6.57. The monoisotopic (exact) mass is 302 g/mol. The van der Waals surface area contributed by atoms with Crippen molar-refractivity contribution in [3.63, 3.8) is 0 Å². The summed E-state index contributed by atoms with van der Waals surface area (Å²) >= 11 is 0. The van der Waals surface area contributed by atoms with Crippen LogP contribution >= 0.6 is 0 Å². The summed E-state index contributed by atoms with van der Waals surface area (Å²) < 4.78 is 11.7. The van der Waals surface area contributed by atoms with Crippen LogP contribution < -0.4 is 5.32 Å². The number of fused-ring (bicyclic) bond motifs is 1. The molecule has 1 N–H and O–H groups in total. The number of benzene rings is 1. The lowest BCUT2D eigenvalue weighted by Crippen LogP contribution is -2.44. The summed E-state index contributed by atoms with van der Waals surface area (Å²) in [6.07, 6.45) is 4.09. The van der Waals surface area contributed by atoms with Gasteiger partial charge in [-0.3, -0.25) is 4.90 Å². The average Bonchev–Trinajstić information content (AvgIpc) is 3.22. The Hall–Kier alpha value is -1.10. The summed E-state index contributed by atoms with van der Waals surface area (Å²) in [4.78, 5) is 2.50. The van der Waals surface area contributed by atoms with E-state index in [9.17, 15) is 0 Å². The van der Waals surface area contributed by atoms with Crippen molar-refractivity contribution in [3.8, 4) is 0 Å². The Morgan fingerprint density at radius 3 is 3.14 bits per heavy atom. The standard InChI is InChI=1S/C18H26N2O2/c1-2-15-6-7-19-18(15)16(3-1)10-20-8-9-22-17(11-20)13-21-12-14-4-5-14/h1-3,14,17,19H,4-13H2. The minimum Gasteiger partial charge on any atom is -0.384 e. The largest absolute Gasteiger partial charge is 0.384 e. The van der Waals surface area contributed by atoms with Crippen molar-refractivity contribution >= 4 is 5.69 Å². The highest BCUT2D eigenvalue weighted by molar-refractivity contribution is 5.61. The highest BCUT2D eigenvalue weighted by atomic mass is 16.5. The molecule has 2 fully saturated rings. The number of anilines is 1. The van der Waals surface area contributed by atoms with Gasteiger partial charge in [0.25, 0.3) is 0 Å². The van der Waals surface area contributed by atoms with Gasteiger partial charge in [-0.25, -0.2) is 0 Å². The van der Waals surface area contributed by atoms with Crippen LogP contribution in [-0.2, 0) is 22.4 Å². The third kappa shape index (κ3) is 3.45. The molecule has 1 aliphatic carbocycles. The summed E-state index contributed by atoms with van der Waals surface area (Å²) in [6.45, 7) is 6.58. The van der Waals surface area contributed by atoms with Gasteiger partial charge in [-0.05, 0) is 36.3 Å². The first kappa shape index (κ1) is 14.5. The van der Waals surface area contributed by atoms with Crippen LogP contribution in [0.4, 0.5) is 5.69 Å². The fourth-order valence-corrected chi connectivity index (χ4v) is 3.46. The zero-order chi connectivity index (χ0) is 14.8. The van der Waals surface area contributed by atoms with Gasteiger partial charge in [0.15, 0.2) is 0 Å². The molecule has 3 aliphatic rings. The third-order valence-electron chi connectivity index (χ3n) is 4.90. The fourth-order valence-electron chi connectivity index (χ4n) is 3.46. The number of morpholine rings is 1. The summed E-state index contributed by atoms with van der Waals surface area (Å²) in [5, 5.41) is 3.54. The average molecular weight is 302 g/mol. The molecule has 22 heavy (non-hydrogen) atoms. The molecule has 1 aromatic rings. The van der Waals surface area contributed by atoms with Gasteiger partial charge in [0.2, 0.25) is 0 Å². The van der Waals surface area contributed by atoms with E-state index >= 15 is 0 Å². The van der Waals surface area contributed by atoms with Gasteiger partial charge in [-0.15, -0.1) is 0 Å². The number of ether oxygens (including phenoxy) is 2. The molecule has 2 heterocycles. The molecule has 0 amide bonds. The Labute approximate surface area is 132 Å². The van der Waals surface area contributed by atoms with Crippen LogP contribution in [0.3, 0.4) is 0 Å². The lowest BCUT2D eigenvalue weighted by Gasteiger charge is -2.33. The molecular formula is C18H26N2O2. The SMILES string of the molecule is c1cc2c(c(CN3CCOC(COCC4CC4)C3)c1)NCC2. The first-order valence-corrected chi connectivity index (χ1v) is 8.65. The quantitative estimate of drug-likeness (QED) is 0.874. The van der Waals surface area contributed by atoms with E-state index in [2.05, 4.69) is 28.4 Å². The molecule has 4 nitrogen and oxygen atoms in total. The Morgan fingerprint density at radius 1 is 1.27 bits per heavy atom. The van der Waals surface area contributed by atoms with E-state index in [0.717, 1.165) is 58.3 Å². The van der Waals surface area contributed by atoms with E-state index in [4.69, 9.17) is 9.47 Å². The van der Waals surface area contributed by atoms with E-state index in [-0.39, 0.29) is 6.10 Å². The van der Waals surface area contributed by atoms with Crippen LogP contribution in [0, 0.1) is 5.92 Å². The number of para-hydroxylation sites is 1.